The lowest BCUT2D eigenvalue weighted by molar-refractivity contribution is 0.616. The zero-order valence-electron chi connectivity index (χ0n) is 12.3. The maximum atomic E-state index is 13.4. The van der Waals surface area contributed by atoms with E-state index in [4.69, 9.17) is 11.6 Å². The second-order valence-electron chi connectivity index (χ2n) is 5.81. The van der Waals surface area contributed by atoms with Crippen LogP contribution in [-0.2, 0) is 6.42 Å². The largest absolute Gasteiger partial charge is 0.366 e. The van der Waals surface area contributed by atoms with Gasteiger partial charge in [-0.1, -0.05) is 30.3 Å². The van der Waals surface area contributed by atoms with Gasteiger partial charge in [-0.05, 0) is 49.1 Å². The fourth-order valence-electron chi connectivity index (χ4n) is 3.05. The molecule has 3 rings (SSSR count). The Labute approximate surface area is 130 Å². The second-order valence-corrected chi connectivity index (χ2v) is 6.34. The average molecular weight is 304 g/mol. The van der Waals surface area contributed by atoms with E-state index in [1.807, 2.05) is 6.07 Å². The molecular formula is C18H19ClFN. The molecule has 0 aliphatic carbocycles. The van der Waals surface area contributed by atoms with E-state index in [0.717, 1.165) is 18.5 Å². The molecule has 1 aliphatic heterocycles. The summed E-state index contributed by atoms with van der Waals surface area (Å²) in [6, 6.07) is 14.1. The van der Waals surface area contributed by atoms with Crippen molar-refractivity contribution in [3.05, 3.63) is 65.0 Å². The molecule has 21 heavy (non-hydrogen) atoms. The number of anilines is 1. The van der Waals surface area contributed by atoms with E-state index in [-0.39, 0.29) is 11.2 Å². The van der Waals surface area contributed by atoms with Gasteiger partial charge in [-0.15, -0.1) is 11.6 Å². The Balaban J connectivity index is 1.81. The van der Waals surface area contributed by atoms with Crippen LogP contribution in [0.2, 0.25) is 0 Å². The molecule has 0 saturated carbocycles. The number of aryl methyl sites for hydroxylation is 1. The van der Waals surface area contributed by atoms with Gasteiger partial charge in [-0.25, -0.2) is 4.39 Å². The van der Waals surface area contributed by atoms with E-state index in [2.05, 4.69) is 36.1 Å². The minimum atomic E-state index is -0.178. The number of alkyl halides is 1. The molecule has 0 saturated heterocycles. The van der Waals surface area contributed by atoms with Crippen LogP contribution in [0.5, 0.6) is 0 Å². The molecule has 3 heteroatoms. The number of para-hydroxylation sites is 1. The van der Waals surface area contributed by atoms with E-state index in [9.17, 15) is 4.39 Å². The lowest BCUT2D eigenvalue weighted by Crippen LogP contribution is -2.32. The second kappa shape index (κ2) is 5.69. The molecule has 2 atom stereocenters. The molecular weight excluding hydrogens is 285 g/mol. The van der Waals surface area contributed by atoms with Crippen LogP contribution >= 0.6 is 11.6 Å². The zero-order chi connectivity index (χ0) is 15.0. The predicted octanol–water partition coefficient (Wildman–Crippen LogP) is 4.87. The lowest BCUT2D eigenvalue weighted by Gasteiger charge is -2.27. The van der Waals surface area contributed by atoms with Crippen LogP contribution in [0.3, 0.4) is 0 Å². The topological polar surface area (TPSA) is 3.24 Å². The minimum absolute atomic E-state index is 0.141. The van der Waals surface area contributed by atoms with E-state index in [1.165, 1.54) is 17.3 Å². The summed E-state index contributed by atoms with van der Waals surface area (Å²) in [5.74, 6) is -0.178. The van der Waals surface area contributed by atoms with Crippen LogP contribution in [0, 0.1) is 12.7 Å². The Hall–Kier alpha value is -1.54. The summed E-state index contributed by atoms with van der Waals surface area (Å²) >= 11 is 6.58. The molecule has 2 aromatic rings. The molecule has 0 fully saturated rings. The van der Waals surface area contributed by atoms with Crippen LogP contribution in [-0.4, -0.2) is 12.6 Å². The van der Waals surface area contributed by atoms with Gasteiger partial charge in [0.05, 0.1) is 5.38 Å². The summed E-state index contributed by atoms with van der Waals surface area (Å²) in [5, 5.41) is -0.141. The van der Waals surface area contributed by atoms with Crippen molar-refractivity contribution in [2.45, 2.75) is 31.7 Å². The van der Waals surface area contributed by atoms with Crippen molar-refractivity contribution in [2.24, 2.45) is 0 Å². The van der Waals surface area contributed by atoms with Gasteiger partial charge in [-0.2, -0.15) is 0 Å². The highest BCUT2D eigenvalue weighted by Gasteiger charge is 2.27. The Morgan fingerprint density at radius 2 is 2.05 bits per heavy atom. The molecule has 1 aliphatic rings. The highest BCUT2D eigenvalue weighted by atomic mass is 35.5. The number of hydrogen-bond acceptors (Lipinski definition) is 1. The number of benzene rings is 2. The van der Waals surface area contributed by atoms with Gasteiger partial charge in [0.15, 0.2) is 0 Å². The van der Waals surface area contributed by atoms with Crippen molar-refractivity contribution in [3.63, 3.8) is 0 Å². The molecule has 2 unspecified atom stereocenters. The van der Waals surface area contributed by atoms with Crippen LogP contribution in [0.4, 0.5) is 10.1 Å². The zero-order valence-corrected chi connectivity index (χ0v) is 13.1. The van der Waals surface area contributed by atoms with Gasteiger partial charge in [0, 0.05) is 18.3 Å². The molecule has 0 radical (unpaired) electrons. The SMILES string of the molecule is Cc1cc(C(Cl)CN2c3ccccc3CC2C)ccc1F. The molecule has 1 nitrogen and oxygen atoms in total. The molecule has 110 valence electrons. The van der Waals surface area contributed by atoms with Crippen LogP contribution < -0.4 is 4.90 Å². The van der Waals surface area contributed by atoms with Gasteiger partial charge >= 0.3 is 0 Å². The minimum Gasteiger partial charge on any atom is -0.366 e. The molecule has 0 N–H and O–H groups in total. The van der Waals surface area contributed by atoms with E-state index in [0.29, 0.717) is 11.6 Å². The summed E-state index contributed by atoms with van der Waals surface area (Å²) in [6.45, 7) is 4.74. The third-order valence-corrected chi connectivity index (χ3v) is 4.64. The van der Waals surface area contributed by atoms with Crippen LogP contribution in [0.15, 0.2) is 42.5 Å². The van der Waals surface area contributed by atoms with Crippen molar-refractivity contribution in [3.8, 4) is 0 Å². The third-order valence-electron chi connectivity index (χ3n) is 4.25. The summed E-state index contributed by atoms with van der Waals surface area (Å²) in [5.41, 5.74) is 4.28. The first-order valence-electron chi connectivity index (χ1n) is 7.31. The number of rotatable bonds is 3. The van der Waals surface area contributed by atoms with Crippen LogP contribution in [0.25, 0.3) is 0 Å². The first kappa shape index (κ1) is 14.4. The molecule has 2 aromatic carbocycles. The standard InChI is InChI=1S/C18H19ClFN/c1-12-9-14(7-8-17(12)20)16(19)11-21-13(2)10-15-5-3-4-6-18(15)21/h3-9,13,16H,10-11H2,1-2H3. The molecule has 1 heterocycles. The van der Waals surface area contributed by atoms with Gasteiger partial charge in [0.2, 0.25) is 0 Å². The number of fused-ring (bicyclic) bond motifs is 1. The van der Waals surface area contributed by atoms with E-state index < -0.39 is 0 Å². The van der Waals surface area contributed by atoms with Gasteiger partial charge < -0.3 is 4.90 Å². The summed E-state index contributed by atoms with van der Waals surface area (Å²) < 4.78 is 13.4. The predicted molar refractivity (Wildman–Crippen MR) is 86.7 cm³/mol. The number of halogens is 2. The Morgan fingerprint density at radius 3 is 2.81 bits per heavy atom. The summed E-state index contributed by atoms with van der Waals surface area (Å²) in [7, 11) is 0. The van der Waals surface area contributed by atoms with Gasteiger partial charge in [0.25, 0.3) is 0 Å². The quantitative estimate of drug-likeness (QED) is 0.732. The first-order chi connectivity index (χ1) is 10.1. The Bertz CT molecular complexity index is 655. The average Bonchev–Trinajstić information content (AvgIpc) is 2.78. The number of hydrogen-bond donors (Lipinski definition) is 0. The summed E-state index contributed by atoms with van der Waals surface area (Å²) in [6.07, 6.45) is 1.06. The third kappa shape index (κ3) is 2.77. The van der Waals surface area contributed by atoms with E-state index in [1.54, 1.807) is 13.0 Å². The van der Waals surface area contributed by atoms with Crippen molar-refractivity contribution >= 4 is 17.3 Å². The first-order valence-corrected chi connectivity index (χ1v) is 7.74. The van der Waals surface area contributed by atoms with E-state index >= 15 is 0 Å². The molecule has 0 amide bonds. The van der Waals surface area contributed by atoms with Gasteiger partial charge in [-0.3, -0.25) is 0 Å². The summed E-state index contributed by atoms with van der Waals surface area (Å²) in [4.78, 5) is 2.35. The fourth-order valence-corrected chi connectivity index (χ4v) is 3.33. The maximum Gasteiger partial charge on any atom is 0.126 e. The molecule has 0 spiro atoms. The van der Waals surface area contributed by atoms with Crippen LogP contribution in [0.1, 0.15) is 29.0 Å². The monoisotopic (exact) mass is 303 g/mol. The molecule has 0 bridgehead atoms. The normalized spacial score (nSPS) is 18.7. The smallest absolute Gasteiger partial charge is 0.126 e. The number of nitrogens with zero attached hydrogens (tertiary/aromatic N) is 1. The molecule has 0 aromatic heterocycles. The highest BCUT2D eigenvalue weighted by molar-refractivity contribution is 6.21. The van der Waals surface area contributed by atoms with Crippen molar-refractivity contribution in [2.75, 3.05) is 11.4 Å². The van der Waals surface area contributed by atoms with Crippen molar-refractivity contribution in [1.82, 2.24) is 0 Å². The van der Waals surface area contributed by atoms with Gasteiger partial charge in [0.1, 0.15) is 5.82 Å². The van der Waals surface area contributed by atoms with Crippen molar-refractivity contribution in [1.29, 1.82) is 0 Å². The maximum absolute atomic E-state index is 13.4. The Morgan fingerprint density at radius 1 is 1.29 bits per heavy atom. The van der Waals surface area contributed by atoms with Crippen molar-refractivity contribution < 1.29 is 4.39 Å². The highest BCUT2D eigenvalue weighted by Crippen LogP contribution is 2.35. The Kier molecular flexibility index (Phi) is 3.90. The fraction of sp³-hybridized carbons (Fsp3) is 0.333. The lowest BCUT2D eigenvalue weighted by atomic mass is 10.1.